The number of halogens is 1. The van der Waals surface area contributed by atoms with E-state index in [0.717, 1.165) is 0 Å². The molecule has 0 radical (unpaired) electrons. The Morgan fingerprint density at radius 3 is 2.59 bits per heavy atom. The third-order valence-electron chi connectivity index (χ3n) is 3.10. The fraction of sp³-hybridized carbons (Fsp3) is 0.267. The second-order valence-electron chi connectivity index (χ2n) is 5.09. The number of carbonyl (C=O) groups excluding carboxylic acids is 1. The molecule has 0 unspecified atom stereocenters. The van der Waals surface area contributed by atoms with Crippen LogP contribution in [0.15, 0.2) is 34.9 Å². The topological polar surface area (TPSA) is 92.4 Å². The molecule has 1 atom stereocenters. The van der Waals surface area contributed by atoms with E-state index in [1.165, 1.54) is 6.07 Å². The summed E-state index contributed by atoms with van der Waals surface area (Å²) in [5, 5.41) is 15.6. The number of rotatable bonds is 5. The lowest BCUT2D eigenvalue weighted by atomic mass is 10.0. The summed E-state index contributed by atoms with van der Waals surface area (Å²) in [5.41, 5.74) is 0.608. The quantitative estimate of drug-likeness (QED) is 0.883. The highest BCUT2D eigenvalue weighted by Crippen LogP contribution is 2.27. The number of amides is 1. The van der Waals surface area contributed by atoms with Crippen LogP contribution in [0.3, 0.4) is 0 Å². The van der Waals surface area contributed by atoms with E-state index in [-0.39, 0.29) is 11.6 Å². The van der Waals surface area contributed by atoms with Crippen molar-refractivity contribution in [1.29, 1.82) is 0 Å². The van der Waals surface area contributed by atoms with Crippen LogP contribution in [0.5, 0.6) is 0 Å². The summed E-state index contributed by atoms with van der Waals surface area (Å²) in [6, 6.07) is 7.42. The highest BCUT2D eigenvalue weighted by molar-refractivity contribution is 6.33. The van der Waals surface area contributed by atoms with Crippen molar-refractivity contribution in [2.45, 2.75) is 19.9 Å². The van der Waals surface area contributed by atoms with Crippen molar-refractivity contribution in [1.82, 2.24) is 10.5 Å². The lowest BCUT2D eigenvalue weighted by Gasteiger charge is -2.16. The normalized spacial score (nSPS) is 12.2. The van der Waals surface area contributed by atoms with Gasteiger partial charge in [-0.2, -0.15) is 0 Å². The summed E-state index contributed by atoms with van der Waals surface area (Å²) in [6.07, 6.45) is 0. The number of benzene rings is 1. The lowest BCUT2D eigenvalue weighted by molar-refractivity contribution is -0.140. The smallest absolute Gasteiger partial charge is 0.326 e. The van der Waals surface area contributed by atoms with Crippen molar-refractivity contribution in [3.8, 4) is 11.3 Å². The predicted octanol–water partition coefficient (Wildman–Crippen LogP) is 2.83. The minimum absolute atomic E-state index is 0.00168. The second-order valence-corrected chi connectivity index (χ2v) is 5.50. The lowest BCUT2D eigenvalue weighted by Crippen LogP contribution is -2.44. The Kier molecular flexibility index (Phi) is 4.82. The maximum absolute atomic E-state index is 12.1. The van der Waals surface area contributed by atoms with Crippen molar-refractivity contribution in [3.63, 3.8) is 0 Å². The molecule has 0 bridgehead atoms. The van der Waals surface area contributed by atoms with Crippen LogP contribution >= 0.6 is 11.6 Å². The van der Waals surface area contributed by atoms with Crippen LogP contribution < -0.4 is 5.32 Å². The second kappa shape index (κ2) is 6.62. The number of hydrogen-bond donors (Lipinski definition) is 2. The van der Waals surface area contributed by atoms with E-state index in [1.807, 2.05) is 0 Å². The summed E-state index contributed by atoms with van der Waals surface area (Å²) in [4.78, 5) is 23.2. The molecular formula is C15H15ClN2O4. The number of carboxylic acid groups (broad SMARTS) is 1. The molecule has 116 valence electrons. The average molecular weight is 323 g/mol. The number of nitrogens with zero attached hydrogens (tertiary/aromatic N) is 1. The zero-order chi connectivity index (χ0) is 16.3. The third-order valence-corrected chi connectivity index (χ3v) is 3.43. The van der Waals surface area contributed by atoms with Gasteiger partial charge in [0, 0.05) is 11.6 Å². The van der Waals surface area contributed by atoms with Crippen LogP contribution in [0.1, 0.15) is 24.3 Å². The molecule has 1 heterocycles. The third kappa shape index (κ3) is 3.46. The monoisotopic (exact) mass is 322 g/mol. The van der Waals surface area contributed by atoms with Crippen LogP contribution in [-0.4, -0.2) is 28.2 Å². The molecule has 2 aromatic rings. The first-order valence-corrected chi connectivity index (χ1v) is 7.03. The maximum atomic E-state index is 12.1. The Hall–Kier alpha value is -2.34. The molecular weight excluding hydrogens is 308 g/mol. The Labute approximate surface area is 132 Å². The minimum Gasteiger partial charge on any atom is -0.480 e. The van der Waals surface area contributed by atoms with Crippen LogP contribution in [0.2, 0.25) is 5.02 Å². The Morgan fingerprint density at radius 1 is 1.32 bits per heavy atom. The van der Waals surface area contributed by atoms with Gasteiger partial charge in [-0.1, -0.05) is 42.7 Å². The first-order valence-electron chi connectivity index (χ1n) is 6.65. The van der Waals surface area contributed by atoms with Gasteiger partial charge in [-0.3, -0.25) is 4.79 Å². The first-order chi connectivity index (χ1) is 10.4. The summed E-state index contributed by atoms with van der Waals surface area (Å²) in [6.45, 7) is 3.41. The van der Waals surface area contributed by atoms with Gasteiger partial charge in [-0.25, -0.2) is 4.79 Å². The van der Waals surface area contributed by atoms with Crippen LogP contribution in [0, 0.1) is 5.92 Å². The van der Waals surface area contributed by atoms with E-state index in [9.17, 15) is 9.59 Å². The predicted molar refractivity (Wildman–Crippen MR) is 80.7 cm³/mol. The zero-order valence-electron chi connectivity index (χ0n) is 12.0. The van der Waals surface area contributed by atoms with Gasteiger partial charge in [0.05, 0.1) is 5.02 Å². The largest absolute Gasteiger partial charge is 0.480 e. The molecule has 6 nitrogen and oxygen atoms in total. The number of aromatic nitrogens is 1. The highest BCUT2D eigenvalue weighted by Gasteiger charge is 2.25. The molecule has 0 fully saturated rings. The molecule has 1 amide bonds. The molecule has 1 aromatic carbocycles. The summed E-state index contributed by atoms with van der Waals surface area (Å²) in [7, 11) is 0. The van der Waals surface area contributed by atoms with Gasteiger partial charge < -0.3 is 14.9 Å². The van der Waals surface area contributed by atoms with E-state index >= 15 is 0 Å². The summed E-state index contributed by atoms with van der Waals surface area (Å²) < 4.78 is 5.11. The van der Waals surface area contributed by atoms with E-state index in [2.05, 4.69) is 10.5 Å². The summed E-state index contributed by atoms with van der Waals surface area (Å²) >= 11 is 6.05. The molecule has 2 rings (SSSR count). The molecule has 0 saturated carbocycles. The van der Waals surface area contributed by atoms with Crippen molar-refractivity contribution < 1.29 is 19.2 Å². The fourth-order valence-corrected chi connectivity index (χ4v) is 2.13. The van der Waals surface area contributed by atoms with Gasteiger partial charge >= 0.3 is 5.97 Å². The van der Waals surface area contributed by atoms with Gasteiger partial charge in [0.1, 0.15) is 6.04 Å². The van der Waals surface area contributed by atoms with Gasteiger partial charge in [0.2, 0.25) is 0 Å². The van der Waals surface area contributed by atoms with E-state index in [4.69, 9.17) is 21.2 Å². The van der Waals surface area contributed by atoms with Crippen LogP contribution in [0.4, 0.5) is 0 Å². The fourth-order valence-electron chi connectivity index (χ4n) is 1.90. The first kappa shape index (κ1) is 16.0. The molecule has 0 aliphatic heterocycles. The molecule has 1 aromatic heterocycles. The number of aliphatic carboxylic acids is 1. The minimum atomic E-state index is -1.10. The Bertz CT molecular complexity index is 696. The van der Waals surface area contributed by atoms with E-state index < -0.39 is 17.9 Å². The van der Waals surface area contributed by atoms with Gasteiger partial charge in [-0.05, 0) is 18.1 Å². The van der Waals surface area contributed by atoms with Crippen molar-refractivity contribution >= 4 is 23.5 Å². The van der Waals surface area contributed by atoms with Crippen molar-refractivity contribution in [2.24, 2.45) is 5.92 Å². The average Bonchev–Trinajstić information content (AvgIpc) is 2.94. The number of hydrogen-bond acceptors (Lipinski definition) is 4. The van der Waals surface area contributed by atoms with Crippen LogP contribution in [-0.2, 0) is 4.79 Å². The zero-order valence-corrected chi connectivity index (χ0v) is 12.8. The van der Waals surface area contributed by atoms with Gasteiger partial charge in [0.25, 0.3) is 5.91 Å². The van der Waals surface area contributed by atoms with Gasteiger partial charge in [0.15, 0.2) is 11.5 Å². The molecule has 0 aliphatic rings. The molecule has 2 N–H and O–H groups in total. The summed E-state index contributed by atoms with van der Waals surface area (Å²) in [5.74, 6) is -1.62. The maximum Gasteiger partial charge on any atom is 0.326 e. The SMILES string of the molecule is CC(C)[C@H](NC(=O)c1cc(-c2ccccc2Cl)on1)C(=O)O. The molecule has 22 heavy (non-hydrogen) atoms. The van der Waals surface area contributed by atoms with Crippen molar-refractivity contribution in [2.75, 3.05) is 0 Å². The van der Waals surface area contributed by atoms with E-state index in [0.29, 0.717) is 16.3 Å². The highest BCUT2D eigenvalue weighted by atomic mass is 35.5. The van der Waals surface area contributed by atoms with E-state index in [1.54, 1.807) is 38.1 Å². The standard InChI is InChI=1S/C15H15ClN2O4/c1-8(2)13(15(20)21)17-14(19)11-7-12(22-18-11)9-5-3-4-6-10(9)16/h3-8,13H,1-2H3,(H,17,19)(H,20,21)/t13-/m0/s1. The Balaban J connectivity index is 2.19. The molecule has 0 saturated heterocycles. The Morgan fingerprint density at radius 2 is 2.00 bits per heavy atom. The molecule has 0 spiro atoms. The van der Waals surface area contributed by atoms with Crippen molar-refractivity contribution in [3.05, 3.63) is 41.0 Å². The number of carbonyl (C=O) groups is 2. The number of nitrogens with one attached hydrogen (secondary N) is 1. The number of carboxylic acids is 1. The van der Waals surface area contributed by atoms with Gasteiger partial charge in [-0.15, -0.1) is 0 Å². The molecule has 7 heteroatoms. The van der Waals surface area contributed by atoms with Crippen LogP contribution in [0.25, 0.3) is 11.3 Å². The molecule has 0 aliphatic carbocycles.